The van der Waals surface area contributed by atoms with Crippen LogP contribution in [-0.4, -0.2) is 31.2 Å². The number of nitrogens with one attached hydrogen (secondary N) is 1. The van der Waals surface area contributed by atoms with Crippen molar-refractivity contribution in [3.63, 3.8) is 0 Å². The number of hydrogen-bond acceptors (Lipinski definition) is 5. The summed E-state index contributed by atoms with van der Waals surface area (Å²) in [5.74, 6) is 0. The van der Waals surface area contributed by atoms with Crippen molar-refractivity contribution in [1.29, 1.82) is 0 Å². The fourth-order valence-corrected chi connectivity index (χ4v) is 2.35. The van der Waals surface area contributed by atoms with E-state index in [0.717, 1.165) is 31.3 Å². The maximum atomic E-state index is 11.3. The average Bonchev–Trinajstić information content (AvgIpc) is 2.29. The molecule has 0 bridgehead atoms. The van der Waals surface area contributed by atoms with Gasteiger partial charge in [-0.3, -0.25) is 0 Å². The lowest BCUT2D eigenvalue weighted by molar-refractivity contribution is 0.402. The van der Waals surface area contributed by atoms with Gasteiger partial charge in [-0.2, -0.15) is 0 Å². The zero-order chi connectivity index (χ0) is 11.6. The van der Waals surface area contributed by atoms with Crippen molar-refractivity contribution in [3.8, 4) is 0 Å². The Kier molecular flexibility index (Phi) is 3.20. The molecular weight excluding hydrogens is 226 g/mol. The van der Waals surface area contributed by atoms with Crippen LogP contribution in [0.25, 0.3) is 0 Å². The van der Waals surface area contributed by atoms with Crippen molar-refractivity contribution >= 4 is 9.84 Å². The predicted molar refractivity (Wildman–Crippen MR) is 59.7 cm³/mol. The van der Waals surface area contributed by atoms with Gasteiger partial charge in [0.25, 0.3) is 0 Å². The lowest BCUT2D eigenvalue weighted by atomic mass is 10.0. The molecule has 1 fully saturated rings. The molecule has 2 rings (SSSR count). The second kappa shape index (κ2) is 4.47. The quantitative estimate of drug-likeness (QED) is 0.771. The summed E-state index contributed by atoms with van der Waals surface area (Å²) in [7, 11) is -3.31. The van der Waals surface area contributed by atoms with E-state index in [2.05, 4.69) is 15.3 Å². The number of sulfone groups is 1. The molecule has 1 N–H and O–H groups in total. The van der Waals surface area contributed by atoms with E-state index in [1.54, 1.807) is 6.07 Å². The van der Waals surface area contributed by atoms with E-state index < -0.39 is 9.84 Å². The maximum absolute atomic E-state index is 11.3. The number of rotatable bonds is 2. The molecule has 5 nitrogen and oxygen atoms in total. The molecule has 0 saturated carbocycles. The van der Waals surface area contributed by atoms with E-state index in [1.807, 2.05) is 0 Å². The summed E-state index contributed by atoms with van der Waals surface area (Å²) in [6.07, 6.45) is 5.95. The van der Waals surface area contributed by atoms with Gasteiger partial charge in [-0.05, 0) is 25.5 Å². The van der Waals surface area contributed by atoms with Crippen LogP contribution in [0.5, 0.6) is 0 Å². The van der Waals surface area contributed by atoms with Gasteiger partial charge in [0.2, 0.25) is 15.0 Å². The first-order chi connectivity index (χ1) is 7.57. The van der Waals surface area contributed by atoms with E-state index in [9.17, 15) is 8.42 Å². The number of aromatic nitrogens is 2. The SMILES string of the molecule is CS(=O)(=O)c1nccc(C2CCCCN2)n1. The highest BCUT2D eigenvalue weighted by Crippen LogP contribution is 2.21. The summed E-state index contributed by atoms with van der Waals surface area (Å²) in [6.45, 7) is 0.961. The van der Waals surface area contributed by atoms with Crippen molar-refractivity contribution in [3.05, 3.63) is 18.0 Å². The molecule has 0 spiro atoms. The molecule has 0 amide bonds. The number of hydrogen-bond donors (Lipinski definition) is 1. The van der Waals surface area contributed by atoms with Crippen LogP contribution in [0.1, 0.15) is 31.0 Å². The minimum absolute atomic E-state index is 0.0858. The molecule has 1 aromatic heterocycles. The molecule has 0 aromatic carbocycles. The molecule has 6 heteroatoms. The second-order valence-electron chi connectivity index (χ2n) is 4.04. The maximum Gasteiger partial charge on any atom is 0.247 e. The molecule has 1 aliphatic heterocycles. The van der Waals surface area contributed by atoms with Gasteiger partial charge in [-0.25, -0.2) is 18.4 Å². The smallest absolute Gasteiger partial charge is 0.247 e. The van der Waals surface area contributed by atoms with Crippen molar-refractivity contribution < 1.29 is 8.42 Å². The van der Waals surface area contributed by atoms with Gasteiger partial charge in [0.05, 0.1) is 5.69 Å². The highest BCUT2D eigenvalue weighted by atomic mass is 32.2. The van der Waals surface area contributed by atoms with Crippen LogP contribution >= 0.6 is 0 Å². The molecule has 1 saturated heterocycles. The van der Waals surface area contributed by atoms with Crippen LogP contribution in [0, 0.1) is 0 Å². The molecule has 0 radical (unpaired) electrons. The van der Waals surface area contributed by atoms with Gasteiger partial charge in [-0.1, -0.05) is 6.42 Å². The summed E-state index contributed by atoms with van der Waals surface area (Å²) >= 11 is 0. The Balaban J connectivity index is 2.28. The van der Waals surface area contributed by atoms with Gasteiger partial charge in [0.1, 0.15) is 0 Å². The van der Waals surface area contributed by atoms with Crippen molar-refractivity contribution in [1.82, 2.24) is 15.3 Å². The lowest BCUT2D eigenvalue weighted by Gasteiger charge is -2.22. The largest absolute Gasteiger partial charge is 0.309 e. The number of piperidine rings is 1. The van der Waals surface area contributed by atoms with Crippen LogP contribution in [0.4, 0.5) is 0 Å². The Morgan fingerprint density at radius 1 is 1.44 bits per heavy atom. The zero-order valence-electron chi connectivity index (χ0n) is 9.18. The van der Waals surface area contributed by atoms with Crippen molar-refractivity contribution in [2.45, 2.75) is 30.5 Å². The minimum Gasteiger partial charge on any atom is -0.309 e. The molecule has 1 unspecified atom stereocenters. The van der Waals surface area contributed by atoms with E-state index in [1.165, 1.54) is 12.6 Å². The molecule has 16 heavy (non-hydrogen) atoms. The Morgan fingerprint density at radius 2 is 2.25 bits per heavy atom. The Morgan fingerprint density at radius 3 is 2.88 bits per heavy atom. The lowest BCUT2D eigenvalue weighted by Crippen LogP contribution is -2.27. The third-order valence-corrected chi connectivity index (χ3v) is 3.51. The van der Waals surface area contributed by atoms with Gasteiger partial charge in [0.15, 0.2) is 0 Å². The second-order valence-corrected chi connectivity index (χ2v) is 5.95. The molecule has 1 aliphatic rings. The molecular formula is C10H15N3O2S. The van der Waals surface area contributed by atoms with E-state index in [4.69, 9.17) is 0 Å². The fraction of sp³-hybridized carbons (Fsp3) is 0.600. The monoisotopic (exact) mass is 241 g/mol. The third kappa shape index (κ3) is 2.56. The molecule has 0 aliphatic carbocycles. The molecule has 88 valence electrons. The van der Waals surface area contributed by atoms with Gasteiger partial charge in [-0.15, -0.1) is 0 Å². The minimum atomic E-state index is -3.31. The van der Waals surface area contributed by atoms with Gasteiger partial charge < -0.3 is 5.32 Å². The van der Waals surface area contributed by atoms with Crippen LogP contribution in [0.3, 0.4) is 0 Å². The van der Waals surface area contributed by atoms with Gasteiger partial charge in [0, 0.05) is 18.5 Å². The van der Waals surface area contributed by atoms with Crippen molar-refractivity contribution in [2.75, 3.05) is 12.8 Å². The summed E-state index contributed by atoms with van der Waals surface area (Å²) < 4.78 is 22.6. The zero-order valence-corrected chi connectivity index (χ0v) is 10.00. The van der Waals surface area contributed by atoms with E-state index in [0.29, 0.717) is 0 Å². The standard InChI is InChI=1S/C10H15N3O2S/c1-16(14,15)10-12-7-5-9(13-10)8-4-2-3-6-11-8/h5,7-8,11H,2-4,6H2,1H3. The summed E-state index contributed by atoms with van der Waals surface area (Å²) in [4.78, 5) is 7.88. The topological polar surface area (TPSA) is 72.0 Å². The molecule has 2 heterocycles. The Bertz CT molecular complexity index is 467. The third-order valence-electron chi connectivity index (χ3n) is 2.65. The summed E-state index contributed by atoms with van der Waals surface area (Å²) in [5.41, 5.74) is 0.773. The van der Waals surface area contributed by atoms with Crippen molar-refractivity contribution in [2.24, 2.45) is 0 Å². The van der Waals surface area contributed by atoms with Gasteiger partial charge >= 0.3 is 0 Å². The summed E-state index contributed by atoms with van der Waals surface area (Å²) in [5, 5.41) is 3.24. The van der Waals surface area contributed by atoms with E-state index in [-0.39, 0.29) is 11.2 Å². The molecule has 1 aromatic rings. The molecule has 1 atom stereocenters. The average molecular weight is 241 g/mol. The van der Waals surface area contributed by atoms with Crippen LogP contribution in [0.15, 0.2) is 17.4 Å². The summed E-state index contributed by atoms with van der Waals surface area (Å²) in [6, 6.07) is 1.94. The highest BCUT2D eigenvalue weighted by molar-refractivity contribution is 7.90. The first-order valence-electron chi connectivity index (χ1n) is 5.34. The Hall–Kier alpha value is -1.01. The first-order valence-corrected chi connectivity index (χ1v) is 7.23. The van der Waals surface area contributed by atoms with E-state index >= 15 is 0 Å². The Labute approximate surface area is 95.2 Å². The normalized spacial score (nSPS) is 21.9. The predicted octanol–water partition coefficient (Wildman–Crippen LogP) is 0.695. The van der Waals surface area contributed by atoms with Crippen LogP contribution < -0.4 is 5.32 Å². The first kappa shape index (κ1) is 11.5. The fourth-order valence-electron chi connectivity index (χ4n) is 1.83. The van der Waals surface area contributed by atoms with Crippen LogP contribution in [-0.2, 0) is 9.84 Å². The highest BCUT2D eigenvalue weighted by Gasteiger charge is 2.18. The number of nitrogens with zero attached hydrogens (tertiary/aromatic N) is 2. The van der Waals surface area contributed by atoms with Crippen LogP contribution in [0.2, 0.25) is 0 Å².